The van der Waals surface area contributed by atoms with Gasteiger partial charge in [0.2, 0.25) is 0 Å². The van der Waals surface area contributed by atoms with Gasteiger partial charge in [0.1, 0.15) is 5.92 Å². The van der Waals surface area contributed by atoms with Crippen LogP contribution in [-0.2, 0) is 9.53 Å². The molecule has 18 heavy (non-hydrogen) atoms. The lowest BCUT2D eigenvalue weighted by molar-refractivity contribution is -0.144. The molecule has 0 fully saturated rings. The highest BCUT2D eigenvalue weighted by Gasteiger charge is 2.31. The molecule has 1 unspecified atom stereocenters. The van der Waals surface area contributed by atoms with E-state index in [1.165, 1.54) is 7.11 Å². The van der Waals surface area contributed by atoms with Crippen molar-refractivity contribution in [2.24, 2.45) is 11.8 Å². The minimum atomic E-state index is -0.789. The number of halogens is 2. The largest absolute Gasteiger partial charge is 0.468 e. The van der Waals surface area contributed by atoms with Crippen molar-refractivity contribution >= 4 is 39.3 Å². The average Bonchev–Trinajstić information content (AvgIpc) is 2.32. The SMILES string of the molecule is COC(=O)C(C(=O)c1ccc(Cl)c(Br)c1)C(C)C. The zero-order valence-electron chi connectivity index (χ0n) is 10.4. The number of hydrogen-bond donors (Lipinski definition) is 0. The molecule has 0 bridgehead atoms. The summed E-state index contributed by atoms with van der Waals surface area (Å²) in [6.45, 7) is 3.62. The Morgan fingerprint density at radius 2 is 1.94 bits per heavy atom. The molecule has 3 nitrogen and oxygen atoms in total. The number of carbonyl (C=O) groups excluding carboxylic acids is 2. The number of ether oxygens (including phenoxy) is 1. The molecule has 0 aliphatic carbocycles. The van der Waals surface area contributed by atoms with Gasteiger partial charge in [0.15, 0.2) is 5.78 Å². The van der Waals surface area contributed by atoms with Gasteiger partial charge in [-0.3, -0.25) is 9.59 Å². The van der Waals surface area contributed by atoms with Gasteiger partial charge in [0, 0.05) is 10.0 Å². The van der Waals surface area contributed by atoms with Gasteiger partial charge in [-0.2, -0.15) is 0 Å². The Kier molecular flexibility index (Phi) is 5.35. The molecule has 1 aromatic carbocycles. The predicted molar refractivity (Wildman–Crippen MR) is 73.8 cm³/mol. The van der Waals surface area contributed by atoms with Gasteiger partial charge in [-0.05, 0) is 40.0 Å². The van der Waals surface area contributed by atoms with Crippen molar-refractivity contribution in [3.05, 3.63) is 33.3 Å². The molecule has 5 heteroatoms. The maximum atomic E-state index is 12.3. The fraction of sp³-hybridized carbons (Fsp3) is 0.385. The second-order valence-corrected chi connectivity index (χ2v) is 5.50. The molecule has 0 N–H and O–H groups in total. The van der Waals surface area contributed by atoms with E-state index in [0.717, 1.165) is 0 Å². The minimum absolute atomic E-state index is 0.126. The Labute approximate surface area is 120 Å². The van der Waals surface area contributed by atoms with E-state index in [2.05, 4.69) is 20.7 Å². The Bertz CT molecular complexity index is 471. The fourth-order valence-corrected chi connectivity index (χ4v) is 2.13. The Balaban J connectivity index is 3.10. The first-order chi connectivity index (χ1) is 8.38. The summed E-state index contributed by atoms with van der Waals surface area (Å²) in [6.07, 6.45) is 0. The van der Waals surface area contributed by atoms with Crippen LogP contribution in [0.3, 0.4) is 0 Å². The van der Waals surface area contributed by atoms with Crippen LogP contribution < -0.4 is 0 Å². The molecule has 98 valence electrons. The molecule has 1 atom stereocenters. The number of carbonyl (C=O) groups is 2. The second kappa shape index (κ2) is 6.34. The molecule has 0 saturated heterocycles. The molecule has 1 aromatic rings. The average molecular weight is 334 g/mol. The van der Waals surface area contributed by atoms with E-state index >= 15 is 0 Å². The van der Waals surface area contributed by atoms with E-state index in [-0.39, 0.29) is 11.7 Å². The van der Waals surface area contributed by atoms with Crippen LogP contribution in [0.4, 0.5) is 0 Å². The van der Waals surface area contributed by atoms with E-state index in [4.69, 9.17) is 11.6 Å². The molecule has 0 saturated carbocycles. The minimum Gasteiger partial charge on any atom is -0.468 e. The van der Waals surface area contributed by atoms with Gasteiger partial charge >= 0.3 is 5.97 Å². The third kappa shape index (κ3) is 3.33. The Morgan fingerprint density at radius 3 is 2.39 bits per heavy atom. The number of Topliss-reactive ketones (excluding diaryl/α,β-unsaturated/α-hetero) is 1. The molecule has 0 heterocycles. The van der Waals surface area contributed by atoms with Crippen LogP contribution in [0, 0.1) is 11.8 Å². The molecule has 0 aliphatic rings. The van der Waals surface area contributed by atoms with Crippen molar-refractivity contribution in [2.45, 2.75) is 13.8 Å². The fourth-order valence-electron chi connectivity index (χ4n) is 1.64. The van der Waals surface area contributed by atoms with Crippen LogP contribution in [0.5, 0.6) is 0 Å². The van der Waals surface area contributed by atoms with E-state index in [1.54, 1.807) is 18.2 Å². The third-order valence-electron chi connectivity index (χ3n) is 2.61. The Hall–Kier alpha value is -0.870. The van der Waals surface area contributed by atoms with Crippen molar-refractivity contribution in [3.8, 4) is 0 Å². The number of esters is 1. The molecular weight excluding hydrogens is 319 g/mol. The van der Waals surface area contributed by atoms with E-state index in [1.807, 2.05) is 13.8 Å². The summed E-state index contributed by atoms with van der Waals surface area (Å²) in [7, 11) is 1.28. The second-order valence-electron chi connectivity index (χ2n) is 4.24. The van der Waals surface area contributed by atoms with E-state index < -0.39 is 11.9 Å². The lowest BCUT2D eigenvalue weighted by atomic mass is 9.88. The first kappa shape index (κ1) is 15.2. The van der Waals surface area contributed by atoms with Crippen molar-refractivity contribution in [3.63, 3.8) is 0 Å². The standard InChI is InChI=1S/C13H14BrClO3/c1-7(2)11(13(17)18-3)12(16)8-4-5-10(15)9(14)6-8/h4-7,11H,1-3H3. The number of rotatable bonds is 4. The molecule has 0 amide bonds. The van der Waals surface area contributed by atoms with Crippen molar-refractivity contribution in [2.75, 3.05) is 7.11 Å². The van der Waals surface area contributed by atoms with Crippen molar-refractivity contribution in [1.29, 1.82) is 0 Å². The van der Waals surface area contributed by atoms with Crippen LogP contribution in [0.15, 0.2) is 22.7 Å². The van der Waals surface area contributed by atoms with Crippen LogP contribution >= 0.6 is 27.5 Å². The molecule has 0 aromatic heterocycles. The number of methoxy groups -OCH3 is 1. The normalized spacial score (nSPS) is 12.3. The van der Waals surface area contributed by atoms with Gasteiger partial charge in [0.25, 0.3) is 0 Å². The van der Waals surface area contributed by atoms with Crippen LogP contribution in [0.2, 0.25) is 5.02 Å². The van der Waals surface area contributed by atoms with Crippen molar-refractivity contribution < 1.29 is 14.3 Å². The first-order valence-electron chi connectivity index (χ1n) is 5.45. The van der Waals surface area contributed by atoms with Crippen LogP contribution in [-0.4, -0.2) is 18.9 Å². The number of benzene rings is 1. The van der Waals surface area contributed by atoms with Gasteiger partial charge in [0.05, 0.1) is 12.1 Å². The predicted octanol–water partition coefficient (Wildman–Crippen LogP) is 3.73. The topological polar surface area (TPSA) is 43.4 Å². The quantitative estimate of drug-likeness (QED) is 0.479. The number of ketones is 1. The van der Waals surface area contributed by atoms with Gasteiger partial charge in [-0.1, -0.05) is 25.4 Å². The highest BCUT2D eigenvalue weighted by Crippen LogP contribution is 2.26. The molecular formula is C13H14BrClO3. The molecule has 0 spiro atoms. The summed E-state index contributed by atoms with van der Waals surface area (Å²) in [4.78, 5) is 23.9. The molecule has 0 radical (unpaired) electrons. The first-order valence-corrected chi connectivity index (χ1v) is 6.62. The van der Waals surface area contributed by atoms with Crippen LogP contribution in [0.25, 0.3) is 0 Å². The lowest BCUT2D eigenvalue weighted by Crippen LogP contribution is -2.30. The number of hydrogen-bond acceptors (Lipinski definition) is 3. The van der Waals surface area contributed by atoms with Gasteiger partial charge in [-0.15, -0.1) is 0 Å². The zero-order chi connectivity index (χ0) is 13.9. The van der Waals surface area contributed by atoms with E-state index in [0.29, 0.717) is 15.1 Å². The Morgan fingerprint density at radius 1 is 1.33 bits per heavy atom. The summed E-state index contributed by atoms with van der Waals surface area (Å²) < 4.78 is 5.30. The lowest BCUT2D eigenvalue weighted by Gasteiger charge is -2.17. The van der Waals surface area contributed by atoms with E-state index in [9.17, 15) is 9.59 Å². The summed E-state index contributed by atoms with van der Waals surface area (Å²) in [5.74, 6) is -1.68. The summed E-state index contributed by atoms with van der Waals surface area (Å²) in [5, 5.41) is 0.519. The van der Waals surface area contributed by atoms with Crippen molar-refractivity contribution in [1.82, 2.24) is 0 Å². The molecule has 1 rings (SSSR count). The zero-order valence-corrected chi connectivity index (χ0v) is 12.7. The maximum Gasteiger partial charge on any atom is 0.316 e. The van der Waals surface area contributed by atoms with Gasteiger partial charge in [-0.25, -0.2) is 0 Å². The highest BCUT2D eigenvalue weighted by atomic mass is 79.9. The monoisotopic (exact) mass is 332 g/mol. The smallest absolute Gasteiger partial charge is 0.316 e. The summed E-state index contributed by atoms with van der Waals surface area (Å²) in [5.41, 5.74) is 0.440. The summed E-state index contributed by atoms with van der Waals surface area (Å²) in [6, 6.07) is 4.84. The molecule has 0 aliphatic heterocycles. The third-order valence-corrected chi connectivity index (χ3v) is 3.82. The van der Waals surface area contributed by atoms with Crippen LogP contribution in [0.1, 0.15) is 24.2 Å². The summed E-state index contributed by atoms with van der Waals surface area (Å²) >= 11 is 9.12. The maximum absolute atomic E-state index is 12.3. The highest BCUT2D eigenvalue weighted by molar-refractivity contribution is 9.10. The van der Waals surface area contributed by atoms with Gasteiger partial charge < -0.3 is 4.74 Å².